The Hall–Kier alpha value is -2.48. The van der Waals surface area contributed by atoms with Gasteiger partial charge < -0.3 is 10.2 Å². The Balaban J connectivity index is 2.47. The van der Waals surface area contributed by atoms with Gasteiger partial charge in [-0.05, 0) is 32.0 Å². The van der Waals surface area contributed by atoms with E-state index in [2.05, 4.69) is 15.3 Å². The van der Waals surface area contributed by atoms with E-state index in [1.54, 1.807) is 4.90 Å². The van der Waals surface area contributed by atoms with Gasteiger partial charge in [-0.2, -0.15) is 0 Å². The van der Waals surface area contributed by atoms with Gasteiger partial charge in [-0.1, -0.05) is 11.6 Å². The lowest BCUT2D eigenvalue weighted by Crippen LogP contribution is -2.24. The molecule has 0 radical (unpaired) electrons. The third-order valence-corrected chi connectivity index (χ3v) is 3.52. The normalized spacial score (nSPS) is 10.4. The molecule has 122 valence electrons. The summed E-state index contributed by atoms with van der Waals surface area (Å²) in [6, 6.07) is 3.92. The van der Waals surface area contributed by atoms with Crippen molar-refractivity contribution in [3.8, 4) is 0 Å². The van der Waals surface area contributed by atoms with Gasteiger partial charge in [0.2, 0.25) is 11.6 Å². The summed E-state index contributed by atoms with van der Waals surface area (Å²) in [4.78, 5) is 20.6. The number of hydrogen-bond acceptors (Lipinski definition) is 6. The highest BCUT2D eigenvalue weighted by molar-refractivity contribution is 6.31. The van der Waals surface area contributed by atoms with E-state index in [9.17, 15) is 14.5 Å². The summed E-state index contributed by atoms with van der Waals surface area (Å²) in [6.07, 6.45) is 1.24. The zero-order valence-electron chi connectivity index (χ0n) is 12.6. The van der Waals surface area contributed by atoms with Crippen molar-refractivity contribution in [3.05, 3.63) is 45.5 Å². The summed E-state index contributed by atoms with van der Waals surface area (Å²) >= 11 is 5.72. The van der Waals surface area contributed by atoms with Gasteiger partial charge in [0, 0.05) is 18.8 Å². The predicted octanol–water partition coefficient (Wildman–Crippen LogP) is 3.77. The third-order valence-electron chi connectivity index (χ3n) is 3.23. The van der Waals surface area contributed by atoms with Crippen LogP contribution in [0.3, 0.4) is 0 Å². The fourth-order valence-corrected chi connectivity index (χ4v) is 2.27. The fourth-order valence-electron chi connectivity index (χ4n) is 2.09. The van der Waals surface area contributed by atoms with Crippen LogP contribution in [0.25, 0.3) is 0 Å². The molecular weight excluding hydrogens is 325 g/mol. The third kappa shape index (κ3) is 3.65. The molecule has 0 aliphatic rings. The minimum Gasteiger partial charge on any atom is -0.351 e. The number of halogens is 2. The average Bonchev–Trinajstić information content (AvgIpc) is 2.52. The molecule has 0 bridgehead atoms. The van der Waals surface area contributed by atoms with Gasteiger partial charge >= 0.3 is 5.69 Å². The zero-order chi connectivity index (χ0) is 17.0. The molecule has 1 heterocycles. The van der Waals surface area contributed by atoms with E-state index in [0.29, 0.717) is 18.8 Å². The molecule has 0 saturated heterocycles. The van der Waals surface area contributed by atoms with Crippen molar-refractivity contribution < 1.29 is 9.31 Å². The predicted molar refractivity (Wildman–Crippen MR) is 86.9 cm³/mol. The molecule has 0 spiro atoms. The number of benzene rings is 1. The van der Waals surface area contributed by atoms with Crippen molar-refractivity contribution in [3.63, 3.8) is 0 Å². The van der Waals surface area contributed by atoms with Crippen molar-refractivity contribution in [1.82, 2.24) is 9.97 Å². The van der Waals surface area contributed by atoms with Gasteiger partial charge in [-0.3, -0.25) is 10.1 Å². The average molecular weight is 340 g/mol. The quantitative estimate of drug-likeness (QED) is 0.637. The van der Waals surface area contributed by atoms with Crippen LogP contribution in [-0.2, 0) is 0 Å². The number of nitrogens with zero attached hydrogens (tertiary/aromatic N) is 4. The lowest BCUT2D eigenvalue weighted by molar-refractivity contribution is -0.383. The maximum Gasteiger partial charge on any atom is 0.353 e. The Kier molecular flexibility index (Phi) is 5.28. The standard InChI is InChI=1S/C14H15ClFN5O2/c1-3-20(4-2)14-12(21(22)23)13(17-8-18-14)19-9-5-6-11(16)10(15)7-9/h5-8H,3-4H2,1-2H3,(H,17,18,19). The summed E-state index contributed by atoms with van der Waals surface area (Å²) in [6.45, 7) is 4.89. The van der Waals surface area contributed by atoms with Crippen molar-refractivity contribution in [2.45, 2.75) is 13.8 Å². The van der Waals surface area contributed by atoms with Gasteiger partial charge in [0.15, 0.2) is 0 Å². The smallest absolute Gasteiger partial charge is 0.351 e. The van der Waals surface area contributed by atoms with Gasteiger partial charge in [0.25, 0.3) is 0 Å². The Morgan fingerprint density at radius 2 is 2.04 bits per heavy atom. The van der Waals surface area contributed by atoms with E-state index in [4.69, 9.17) is 11.6 Å². The van der Waals surface area contributed by atoms with Crippen molar-refractivity contribution >= 4 is 34.6 Å². The van der Waals surface area contributed by atoms with Crippen LogP contribution in [0.4, 0.5) is 27.4 Å². The van der Waals surface area contributed by atoms with Crippen LogP contribution in [0.1, 0.15) is 13.8 Å². The minimum atomic E-state index is -0.571. The van der Waals surface area contributed by atoms with Crippen LogP contribution < -0.4 is 10.2 Å². The van der Waals surface area contributed by atoms with E-state index in [-0.39, 0.29) is 22.3 Å². The highest BCUT2D eigenvalue weighted by Crippen LogP contribution is 2.34. The van der Waals surface area contributed by atoms with Crippen LogP contribution in [0.5, 0.6) is 0 Å². The molecule has 2 aromatic rings. The van der Waals surface area contributed by atoms with E-state index in [0.717, 1.165) is 0 Å². The van der Waals surface area contributed by atoms with Crippen molar-refractivity contribution in [1.29, 1.82) is 0 Å². The monoisotopic (exact) mass is 339 g/mol. The first-order chi connectivity index (χ1) is 11.0. The molecule has 1 aromatic carbocycles. The SMILES string of the molecule is CCN(CC)c1ncnc(Nc2ccc(F)c(Cl)c2)c1[N+](=O)[O-]. The molecule has 2 rings (SSSR count). The highest BCUT2D eigenvalue weighted by atomic mass is 35.5. The maximum absolute atomic E-state index is 13.2. The second-order valence-electron chi connectivity index (χ2n) is 4.58. The molecule has 0 aliphatic heterocycles. The van der Waals surface area contributed by atoms with E-state index < -0.39 is 10.7 Å². The molecule has 23 heavy (non-hydrogen) atoms. The molecule has 9 heteroatoms. The molecule has 0 atom stereocenters. The molecule has 1 aromatic heterocycles. The van der Waals surface area contributed by atoms with Gasteiger partial charge in [0.05, 0.1) is 9.95 Å². The lowest BCUT2D eigenvalue weighted by Gasteiger charge is -2.20. The Labute approximate surface area is 137 Å². The molecule has 0 fully saturated rings. The minimum absolute atomic E-state index is 0.0228. The largest absolute Gasteiger partial charge is 0.353 e. The highest BCUT2D eigenvalue weighted by Gasteiger charge is 2.26. The Morgan fingerprint density at radius 1 is 1.35 bits per heavy atom. The summed E-state index contributed by atoms with van der Waals surface area (Å²) in [5.74, 6) is -0.321. The zero-order valence-corrected chi connectivity index (χ0v) is 13.3. The number of nitro groups is 1. The van der Waals surface area contributed by atoms with Crippen molar-refractivity contribution in [2.24, 2.45) is 0 Å². The molecule has 1 N–H and O–H groups in total. The van der Waals surface area contributed by atoms with E-state index in [1.165, 1.54) is 24.5 Å². The second-order valence-corrected chi connectivity index (χ2v) is 4.98. The van der Waals surface area contributed by atoms with Crippen LogP contribution in [-0.4, -0.2) is 28.0 Å². The first-order valence-corrected chi connectivity index (χ1v) is 7.32. The number of anilines is 3. The molecule has 7 nitrogen and oxygen atoms in total. The maximum atomic E-state index is 13.2. The number of rotatable bonds is 6. The molecule has 0 unspecified atom stereocenters. The van der Waals surface area contributed by atoms with Gasteiger partial charge in [0.1, 0.15) is 12.1 Å². The molecule has 0 aliphatic carbocycles. The fraction of sp³-hybridized carbons (Fsp3) is 0.286. The van der Waals surface area contributed by atoms with Crippen molar-refractivity contribution in [2.75, 3.05) is 23.3 Å². The first kappa shape index (κ1) is 16.9. The van der Waals surface area contributed by atoms with E-state index >= 15 is 0 Å². The van der Waals surface area contributed by atoms with Crippen LogP contribution in [0.2, 0.25) is 5.02 Å². The molecule has 0 amide bonds. The summed E-state index contributed by atoms with van der Waals surface area (Å²) < 4.78 is 13.2. The second kappa shape index (κ2) is 7.19. The Morgan fingerprint density at radius 3 is 2.61 bits per heavy atom. The van der Waals surface area contributed by atoms with Crippen LogP contribution in [0.15, 0.2) is 24.5 Å². The van der Waals surface area contributed by atoms with Crippen LogP contribution in [0, 0.1) is 15.9 Å². The number of aromatic nitrogens is 2. The van der Waals surface area contributed by atoms with Crippen LogP contribution >= 0.6 is 11.6 Å². The Bertz CT molecular complexity index is 724. The van der Waals surface area contributed by atoms with Gasteiger partial charge in [-0.25, -0.2) is 14.4 Å². The molecular formula is C14H15ClFN5O2. The van der Waals surface area contributed by atoms with E-state index in [1.807, 2.05) is 13.8 Å². The summed E-state index contributed by atoms with van der Waals surface area (Å²) in [5.41, 5.74) is 0.153. The summed E-state index contributed by atoms with van der Waals surface area (Å²) in [5, 5.41) is 14.2. The first-order valence-electron chi connectivity index (χ1n) is 6.94. The summed E-state index contributed by atoms with van der Waals surface area (Å²) in [7, 11) is 0. The number of hydrogen-bond donors (Lipinski definition) is 1. The number of nitrogens with one attached hydrogen (secondary N) is 1. The lowest BCUT2D eigenvalue weighted by atomic mass is 10.3. The molecule has 0 saturated carbocycles. The topological polar surface area (TPSA) is 84.2 Å². The van der Waals surface area contributed by atoms with Gasteiger partial charge in [-0.15, -0.1) is 0 Å².